The number of nitrogens with one attached hydrogen (secondary N) is 1. The van der Waals surface area contributed by atoms with Crippen molar-refractivity contribution in [2.75, 3.05) is 45.4 Å². The topological polar surface area (TPSA) is 259 Å². The molecule has 0 saturated heterocycles. The number of methoxy groups -OCH3 is 1. The molecule has 0 fully saturated rings. The number of ether oxygens (including phenoxy) is 9. The van der Waals surface area contributed by atoms with E-state index < -0.39 is 55.3 Å². The Morgan fingerprint density at radius 3 is 2.30 bits per heavy atom. The summed E-state index contributed by atoms with van der Waals surface area (Å²) in [5.74, 6) is -2.26. The summed E-state index contributed by atoms with van der Waals surface area (Å²) in [6, 6.07) is 9.71. The number of anilines is 1. The number of amides is 1. The number of benzene rings is 2. The number of nitroso groups, excluding NO2 is 1. The first-order chi connectivity index (χ1) is 23.9. The van der Waals surface area contributed by atoms with Crippen LogP contribution >= 0.6 is 0 Å². The van der Waals surface area contributed by atoms with E-state index in [1.165, 1.54) is 49.4 Å². The van der Waals surface area contributed by atoms with E-state index in [0.717, 1.165) is 21.0 Å². The van der Waals surface area contributed by atoms with E-state index in [4.69, 9.17) is 43.4 Å². The van der Waals surface area contributed by atoms with Gasteiger partial charge in [0.2, 0.25) is 12.4 Å². The molecule has 1 N–H and O–H groups in total. The van der Waals surface area contributed by atoms with Crippen molar-refractivity contribution in [1.29, 1.82) is 0 Å². The van der Waals surface area contributed by atoms with Gasteiger partial charge in [0.05, 0.1) is 26.0 Å². The number of azide groups is 1. The summed E-state index contributed by atoms with van der Waals surface area (Å²) in [7, 11) is 1.09. The quantitative estimate of drug-likeness (QED) is 0.0230. The van der Waals surface area contributed by atoms with Gasteiger partial charge in [-0.05, 0) is 59.6 Å². The molecule has 1 amide bonds. The van der Waals surface area contributed by atoms with Gasteiger partial charge in [0.1, 0.15) is 43.1 Å². The summed E-state index contributed by atoms with van der Waals surface area (Å²) in [6.45, 7) is 2.72. The lowest BCUT2D eigenvalue weighted by molar-refractivity contribution is -0.213. The molecule has 50 heavy (non-hydrogen) atoms. The number of esters is 3. The Labute approximate surface area is 284 Å². The largest absolute Gasteiger partial charge is 0.514 e. The zero-order chi connectivity index (χ0) is 36.9. The summed E-state index contributed by atoms with van der Waals surface area (Å²) >= 11 is 0. The van der Waals surface area contributed by atoms with Crippen LogP contribution in [-0.4, -0.2) is 88.7 Å². The van der Waals surface area contributed by atoms with Crippen molar-refractivity contribution in [3.8, 4) is 11.5 Å². The molecule has 0 aliphatic rings. The lowest BCUT2D eigenvalue weighted by Gasteiger charge is -2.29. The van der Waals surface area contributed by atoms with Gasteiger partial charge >= 0.3 is 30.2 Å². The smallest absolute Gasteiger partial charge is 0.489 e. The Morgan fingerprint density at radius 1 is 0.940 bits per heavy atom. The Balaban J connectivity index is 2.23. The van der Waals surface area contributed by atoms with Crippen LogP contribution in [0.15, 0.2) is 52.8 Å². The first-order valence-corrected chi connectivity index (χ1v) is 14.6. The predicted octanol–water partition coefficient (Wildman–Crippen LogP) is 4.45. The lowest BCUT2D eigenvalue weighted by Crippen LogP contribution is -2.46. The molecular formula is C30H35N5O15. The summed E-state index contributed by atoms with van der Waals surface area (Å²) in [5.41, 5.74) is 8.96. The van der Waals surface area contributed by atoms with Crippen molar-refractivity contribution in [2.45, 2.75) is 45.9 Å². The zero-order valence-electron chi connectivity index (χ0n) is 27.4. The Kier molecular flexibility index (Phi) is 17.5. The average Bonchev–Trinajstić information content (AvgIpc) is 3.08. The van der Waals surface area contributed by atoms with Gasteiger partial charge in [0, 0.05) is 25.3 Å². The van der Waals surface area contributed by atoms with E-state index >= 15 is 0 Å². The fourth-order valence-electron chi connectivity index (χ4n) is 3.73. The fourth-order valence-corrected chi connectivity index (χ4v) is 3.73. The molecule has 3 atom stereocenters. The maximum atomic E-state index is 13.1. The molecule has 0 radical (unpaired) electrons. The van der Waals surface area contributed by atoms with Crippen LogP contribution in [0, 0.1) is 4.91 Å². The molecule has 0 spiro atoms. The molecule has 2 rings (SSSR count). The van der Waals surface area contributed by atoms with Crippen molar-refractivity contribution in [2.24, 2.45) is 10.3 Å². The molecule has 0 aliphatic carbocycles. The number of carbonyl (C=O) groups is 5. The summed E-state index contributed by atoms with van der Waals surface area (Å²) in [6.07, 6.45) is -6.70. The minimum atomic E-state index is -1.77. The molecule has 0 heterocycles. The van der Waals surface area contributed by atoms with Crippen molar-refractivity contribution in [3.05, 3.63) is 63.4 Å². The molecular weight excluding hydrogens is 670 g/mol. The van der Waals surface area contributed by atoms with Gasteiger partial charge in [-0.15, -0.1) is 4.91 Å². The maximum Gasteiger partial charge on any atom is 0.514 e. The minimum absolute atomic E-state index is 0.0444. The predicted molar refractivity (Wildman–Crippen MR) is 168 cm³/mol. The third-order valence-corrected chi connectivity index (χ3v) is 5.87. The van der Waals surface area contributed by atoms with Crippen LogP contribution in [0.3, 0.4) is 0 Å². The number of carbonyl (C=O) groups excluding carboxylic acids is 5. The van der Waals surface area contributed by atoms with E-state index in [1.807, 2.05) is 0 Å². The van der Waals surface area contributed by atoms with E-state index in [2.05, 4.69) is 25.3 Å². The maximum absolute atomic E-state index is 13.1. The van der Waals surface area contributed by atoms with Crippen LogP contribution in [0.4, 0.5) is 21.0 Å². The van der Waals surface area contributed by atoms with Crippen LogP contribution in [0.25, 0.3) is 10.4 Å². The number of hydrogen-bond donors (Lipinski definition) is 1. The Bertz CT molecular complexity index is 1510. The van der Waals surface area contributed by atoms with E-state index in [0.29, 0.717) is 5.56 Å². The molecule has 0 bridgehead atoms. The molecule has 0 aliphatic heterocycles. The van der Waals surface area contributed by atoms with E-state index in [1.54, 1.807) is 0 Å². The lowest BCUT2D eigenvalue weighted by atomic mass is 10.2. The normalized spacial score (nSPS) is 12.1. The monoisotopic (exact) mass is 705 g/mol. The summed E-state index contributed by atoms with van der Waals surface area (Å²) in [5, 5.41) is 8.56. The fraction of sp³-hybridized carbons (Fsp3) is 0.433. The number of rotatable bonds is 20. The second kappa shape index (κ2) is 21.8. The molecule has 2 aromatic rings. The second-order valence-corrected chi connectivity index (χ2v) is 9.65. The van der Waals surface area contributed by atoms with Crippen LogP contribution < -0.4 is 14.8 Å². The summed E-state index contributed by atoms with van der Waals surface area (Å²) in [4.78, 5) is 73.7. The highest BCUT2D eigenvalue weighted by Crippen LogP contribution is 2.28. The minimum Gasteiger partial charge on any atom is -0.489 e. The number of hydrogen-bond acceptors (Lipinski definition) is 17. The van der Waals surface area contributed by atoms with Crippen molar-refractivity contribution in [3.63, 3.8) is 0 Å². The molecule has 0 aromatic heterocycles. The van der Waals surface area contributed by atoms with Crippen LogP contribution in [0.5, 0.6) is 11.5 Å². The third kappa shape index (κ3) is 15.3. The summed E-state index contributed by atoms with van der Waals surface area (Å²) < 4.78 is 46.9. The first kappa shape index (κ1) is 40.2. The van der Waals surface area contributed by atoms with Gasteiger partial charge < -0.3 is 42.6 Å². The molecule has 20 nitrogen and oxygen atoms in total. The van der Waals surface area contributed by atoms with E-state index in [9.17, 15) is 28.9 Å². The SMILES string of the molecule is COC(=O)CO[C@@H](OC(=O)Nc1ccc(COC(=O)Oc2ccc(N=O)cc2)cc1OCCOCCN=[N+]=[N-])[C@H](OC(C)=O)[C@H](C)OC(C)=O. The van der Waals surface area contributed by atoms with Crippen LogP contribution in [0.1, 0.15) is 26.3 Å². The molecule has 0 unspecified atom stereocenters. The Hall–Kier alpha value is -5.98. The highest BCUT2D eigenvalue weighted by atomic mass is 16.7. The third-order valence-electron chi connectivity index (χ3n) is 5.87. The van der Waals surface area contributed by atoms with Gasteiger partial charge in [-0.3, -0.25) is 14.9 Å². The van der Waals surface area contributed by atoms with Gasteiger partial charge in [0.25, 0.3) is 0 Å². The van der Waals surface area contributed by atoms with Crippen molar-refractivity contribution in [1.82, 2.24) is 0 Å². The average molecular weight is 706 g/mol. The van der Waals surface area contributed by atoms with Gasteiger partial charge in [-0.25, -0.2) is 14.4 Å². The standard InChI is InChI=1S/C30H35N5O15/c1-18(47-19(2)36)27(48-20(3)37)28(45-17-26(38)42-4)50-29(39)33-24-10-5-21(15-25(24)44-14-13-43-12-11-32-35-31)16-46-30(40)49-23-8-6-22(34-41)7-9-23/h5-10,15,18,27-28H,11-14,16-17H2,1-4H3,(H,33,39)/t18-,27+,28-/m0/s1. The van der Waals surface area contributed by atoms with Gasteiger partial charge in [-0.1, -0.05) is 11.2 Å². The molecule has 20 heteroatoms. The molecule has 0 saturated carbocycles. The van der Waals surface area contributed by atoms with Gasteiger partial charge in [-0.2, -0.15) is 0 Å². The van der Waals surface area contributed by atoms with Crippen LogP contribution in [0.2, 0.25) is 0 Å². The highest BCUT2D eigenvalue weighted by Gasteiger charge is 2.36. The van der Waals surface area contributed by atoms with Crippen molar-refractivity contribution >= 4 is 41.5 Å². The van der Waals surface area contributed by atoms with Crippen LogP contribution in [-0.2, 0) is 54.1 Å². The molecule has 2 aromatic carbocycles. The first-order valence-electron chi connectivity index (χ1n) is 14.6. The van der Waals surface area contributed by atoms with E-state index in [-0.39, 0.29) is 55.8 Å². The van der Waals surface area contributed by atoms with Gasteiger partial charge in [0.15, 0.2) is 0 Å². The second-order valence-electron chi connectivity index (χ2n) is 9.65. The highest BCUT2D eigenvalue weighted by molar-refractivity contribution is 5.87. The number of nitrogens with zero attached hydrogens (tertiary/aromatic N) is 4. The Morgan fingerprint density at radius 2 is 1.66 bits per heavy atom. The zero-order valence-corrected chi connectivity index (χ0v) is 27.4. The molecule has 270 valence electrons. The van der Waals surface area contributed by atoms with Crippen molar-refractivity contribution < 1.29 is 66.6 Å².